The minimum absolute atomic E-state index is 0.762. The van der Waals surface area contributed by atoms with Crippen molar-refractivity contribution in [1.29, 1.82) is 0 Å². The zero-order chi connectivity index (χ0) is 11.4. The molecule has 86 valence electrons. The van der Waals surface area contributed by atoms with Gasteiger partial charge in [-0.05, 0) is 25.3 Å². The quantitative estimate of drug-likeness (QED) is 0.480. The predicted molar refractivity (Wildman–Crippen MR) is 63.5 cm³/mol. The van der Waals surface area contributed by atoms with Crippen LogP contribution in [0.15, 0.2) is 23.4 Å². The molecule has 0 bridgehead atoms. The van der Waals surface area contributed by atoms with Crippen molar-refractivity contribution >= 4 is 5.71 Å². The van der Waals surface area contributed by atoms with E-state index in [-0.39, 0.29) is 0 Å². The first-order valence-electron chi connectivity index (χ1n) is 5.82. The molecule has 1 aromatic rings. The maximum absolute atomic E-state index is 8.86. The van der Waals surface area contributed by atoms with Crippen LogP contribution in [-0.2, 0) is 6.42 Å². The van der Waals surface area contributed by atoms with Crippen LogP contribution in [0.4, 0.5) is 0 Å². The van der Waals surface area contributed by atoms with E-state index in [1.807, 2.05) is 18.2 Å². The summed E-state index contributed by atoms with van der Waals surface area (Å²) in [6.45, 7) is 2.91. The highest BCUT2D eigenvalue weighted by atomic mass is 16.5. The Labute approximate surface area is 95.7 Å². The normalized spacial score (nSPS) is 16.4. The Morgan fingerprint density at radius 1 is 1.38 bits per heavy atom. The van der Waals surface area contributed by atoms with E-state index in [1.54, 1.807) is 0 Å². The SMILES string of the molecule is CCCCOc1cccc2c1CC/C2=N\O. The number of fused-ring (bicyclic) bond motifs is 1. The van der Waals surface area contributed by atoms with Gasteiger partial charge in [0.2, 0.25) is 0 Å². The van der Waals surface area contributed by atoms with Crippen LogP contribution in [0.3, 0.4) is 0 Å². The molecule has 0 fully saturated rings. The second-order valence-corrected chi connectivity index (χ2v) is 4.03. The van der Waals surface area contributed by atoms with Gasteiger partial charge in [0.15, 0.2) is 0 Å². The van der Waals surface area contributed by atoms with E-state index in [2.05, 4.69) is 12.1 Å². The Bertz CT molecular complexity index is 399. The van der Waals surface area contributed by atoms with E-state index in [1.165, 1.54) is 5.56 Å². The summed E-state index contributed by atoms with van der Waals surface area (Å²) < 4.78 is 5.75. The molecule has 0 heterocycles. The second kappa shape index (κ2) is 5.01. The molecule has 3 heteroatoms. The standard InChI is InChI=1S/C13H17NO2/c1-2-3-9-16-13-6-4-5-10-11(13)7-8-12(10)14-15/h4-6,15H,2-3,7-9H2,1H3/b14-12+. The highest BCUT2D eigenvalue weighted by Gasteiger charge is 2.21. The van der Waals surface area contributed by atoms with E-state index in [9.17, 15) is 0 Å². The Hall–Kier alpha value is -1.51. The molecule has 0 aliphatic heterocycles. The second-order valence-electron chi connectivity index (χ2n) is 4.03. The lowest BCUT2D eigenvalue weighted by atomic mass is 10.1. The van der Waals surface area contributed by atoms with Crippen molar-refractivity contribution in [3.8, 4) is 5.75 Å². The molecular weight excluding hydrogens is 202 g/mol. The maximum Gasteiger partial charge on any atom is 0.123 e. The average Bonchev–Trinajstić information content (AvgIpc) is 2.73. The summed E-state index contributed by atoms with van der Waals surface area (Å²) in [4.78, 5) is 0. The van der Waals surface area contributed by atoms with Crippen LogP contribution in [0, 0.1) is 0 Å². The Morgan fingerprint density at radius 3 is 3.00 bits per heavy atom. The summed E-state index contributed by atoms with van der Waals surface area (Å²) in [5.41, 5.74) is 3.00. The van der Waals surface area contributed by atoms with Gasteiger partial charge < -0.3 is 9.94 Å². The number of nitrogens with zero attached hydrogens (tertiary/aromatic N) is 1. The molecule has 16 heavy (non-hydrogen) atoms. The number of hydrogen-bond acceptors (Lipinski definition) is 3. The molecule has 1 aromatic carbocycles. The average molecular weight is 219 g/mol. The minimum atomic E-state index is 0.762. The molecule has 0 unspecified atom stereocenters. The van der Waals surface area contributed by atoms with Crippen LogP contribution < -0.4 is 4.74 Å². The Morgan fingerprint density at radius 2 is 2.25 bits per heavy atom. The number of ether oxygens (including phenoxy) is 1. The van der Waals surface area contributed by atoms with Gasteiger partial charge >= 0.3 is 0 Å². The van der Waals surface area contributed by atoms with Crippen molar-refractivity contribution < 1.29 is 9.94 Å². The smallest absolute Gasteiger partial charge is 0.123 e. The van der Waals surface area contributed by atoms with E-state index in [0.29, 0.717) is 0 Å². The zero-order valence-electron chi connectivity index (χ0n) is 9.57. The number of oxime groups is 1. The third-order valence-electron chi connectivity index (χ3n) is 2.93. The van der Waals surface area contributed by atoms with Crippen LogP contribution >= 0.6 is 0 Å². The lowest BCUT2D eigenvalue weighted by molar-refractivity contribution is 0.306. The van der Waals surface area contributed by atoms with Crippen LogP contribution in [-0.4, -0.2) is 17.5 Å². The fourth-order valence-electron chi connectivity index (χ4n) is 2.04. The van der Waals surface area contributed by atoms with Gasteiger partial charge in [0, 0.05) is 11.1 Å². The Balaban J connectivity index is 2.19. The number of rotatable bonds is 4. The van der Waals surface area contributed by atoms with Gasteiger partial charge in [0.25, 0.3) is 0 Å². The molecule has 1 N–H and O–H groups in total. The van der Waals surface area contributed by atoms with Gasteiger partial charge in [-0.15, -0.1) is 0 Å². The summed E-state index contributed by atoms with van der Waals surface area (Å²) in [6, 6.07) is 5.94. The summed E-state index contributed by atoms with van der Waals surface area (Å²) in [5, 5.41) is 12.2. The first-order chi connectivity index (χ1) is 7.86. The zero-order valence-corrected chi connectivity index (χ0v) is 9.57. The highest BCUT2D eigenvalue weighted by molar-refractivity contribution is 6.04. The monoisotopic (exact) mass is 219 g/mol. The molecule has 0 saturated carbocycles. The predicted octanol–water partition coefficient (Wildman–Crippen LogP) is 2.99. The van der Waals surface area contributed by atoms with Crippen molar-refractivity contribution in [1.82, 2.24) is 0 Å². The lowest BCUT2D eigenvalue weighted by Gasteiger charge is -2.09. The molecule has 0 aromatic heterocycles. The molecule has 2 rings (SSSR count). The largest absolute Gasteiger partial charge is 0.493 e. The third-order valence-corrected chi connectivity index (χ3v) is 2.93. The van der Waals surface area contributed by atoms with Gasteiger partial charge in [-0.3, -0.25) is 0 Å². The fraction of sp³-hybridized carbons (Fsp3) is 0.462. The van der Waals surface area contributed by atoms with Gasteiger partial charge in [0.1, 0.15) is 5.75 Å². The number of benzene rings is 1. The van der Waals surface area contributed by atoms with Crippen molar-refractivity contribution in [2.24, 2.45) is 5.16 Å². The summed E-state index contributed by atoms with van der Waals surface area (Å²) in [5.74, 6) is 0.949. The van der Waals surface area contributed by atoms with Crippen LogP contribution in [0.5, 0.6) is 5.75 Å². The van der Waals surface area contributed by atoms with Crippen molar-refractivity contribution in [2.75, 3.05) is 6.61 Å². The van der Waals surface area contributed by atoms with Gasteiger partial charge in [0.05, 0.1) is 12.3 Å². The van der Waals surface area contributed by atoms with Crippen molar-refractivity contribution in [3.63, 3.8) is 0 Å². The van der Waals surface area contributed by atoms with E-state index in [0.717, 1.165) is 49.3 Å². The molecular formula is C13H17NO2. The minimum Gasteiger partial charge on any atom is -0.493 e. The number of hydrogen-bond donors (Lipinski definition) is 1. The number of unbranched alkanes of at least 4 members (excludes halogenated alkanes) is 1. The van der Waals surface area contributed by atoms with Gasteiger partial charge in [-0.2, -0.15) is 0 Å². The Kier molecular flexibility index (Phi) is 3.44. The highest BCUT2D eigenvalue weighted by Crippen LogP contribution is 2.30. The van der Waals surface area contributed by atoms with Gasteiger partial charge in [-0.1, -0.05) is 30.6 Å². The molecule has 0 radical (unpaired) electrons. The maximum atomic E-state index is 8.86. The molecule has 3 nitrogen and oxygen atoms in total. The molecule has 0 atom stereocenters. The van der Waals surface area contributed by atoms with Crippen LogP contribution in [0.1, 0.15) is 37.3 Å². The van der Waals surface area contributed by atoms with E-state index >= 15 is 0 Å². The van der Waals surface area contributed by atoms with E-state index in [4.69, 9.17) is 9.94 Å². The van der Waals surface area contributed by atoms with E-state index < -0.39 is 0 Å². The first-order valence-corrected chi connectivity index (χ1v) is 5.82. The molecule has 0 amide bonds. The van der Waals surface area contributed by atoms with Crippen molar-refractivity contribution in [2.45, 2.75) is 32.6 Å². The van der Waals surface area contributed by atoms with Gasteiger partial charge in [-0.25, -0.2) is 0 Å². The summed E-state index contributed by atoms with van der Waals surface area (Å²) in [7, 11) is 0. The molecule has 0 spiro atoms. The van der Waals surface area contributed by atoms with Crippen LogP contribution in [0.2, 0.25) is 0 Å². The van der Waals surface area contributed by atoms with Crippen molar-refractivity contribution in [3.05, 3.63) is 29.3 Å². The topological polar surface area (TPSA) is 41.8 Å². The first kappa shape index (κ1) is 11.0. The molecule has 1 aliphatic carbocycles. The third kappa shape index (κ3) is 2.03. The summed E-state index contributed by atoms with van der Waals surface area (Å²) in [6.07, 6.45) is 3.93. The lowest BCUT2D eigenvalue weighted by Crippen LogP contribution is -2.00. The molecule has 1 aliphatic rings. The summed E-state index contributed by atoms with van der Waals surface area (Å²) >= 11 is 0. The molecule has 0 saturated heterocycles. The van der Waals surface area contributed by atoms with Crippen LogP contribution in [0.25, 0.3) is 0 Å². The fourth-order valence-corrected chi connectivity index (χ4v) is 2.04.